The number of hydrogen-bond donors (Lipinski definition) is 1. The van der Waals surface area contributed by atoms with Crippen LogP contribution in [-0.4, -0.2) is 112 Å². The SMILES string of the molecule is Cc1cccnc1CN1CCC2(CC1)C(=O)N(c1ccc(-c3ccccc3)cc1N1C(=O)N(c3ncccn3)C3(CCN(Cc4ncccc4C)CC3C(=O)O)C1=O)C(=O)N2c1ncccn1. The molecule has 4 aromatic heterocycles. The molecule has 1 N–H and O–H groups in total. The Morgan fingerprint density at radius 1 is 0.582 bits per heavy atom. The van der Waals surface area contributed by atoms with Gasteiger partial charge in [-0.3, -0.25) is 34.2 Å². The van der Waals surface area contributed by atoms with Gasteiger partial charge in [-0.25, -0.2) is 49.1 Å². The molecule has 6 aromatic rings. The molecule has 18 nitrogen and oxygen atoms in total. The maximum atomic E-state index is 15.8. The van der Waals surface area contributed by atoms with Crippen LogP contribution < -0.4 is 19.6 Å². The lowest BCUT2D eigenvalue weighted by molar-refractivity contribution is -0.150. The van der Waals surface area contributed by atoms with Gasteiger partial charge >= 0.3 is 18.0 Å². The fourth-order valence-corrected chi connectivity index (χ4v) is 10.1. The molecule has 8 heterocycles. The molecule has 4 fully saturated rings. The van der Waals surface area contributed by atoms with E-state index in [1.54, 1.807) is 42.7 Å². The van der Waals surface area contributed by atoms with Crippen LogP contribution in [0.2, 0.25) is 0 Å². The summed E-state index contributed by atoms with van der Waals surface area (Å²) in [5, 5.41) is 11.1. The van der Waals surface area contributed by atoms with Crippen LogP contribution in [-0.2, 0) is 27.5 Å². The Balaban J connectivity index is 1.09. The highest BCUT2D eigenvalue weighted by Gasteiger charge is 2.67. The maximum absolute atomic E-state index is 15.8. The normalized spacial score (nSPS) is 21.0. The second kappa shape index (κ2) is 17.2. The van der Waals surface area contributed by atoms with Crippen molar-refractivity contribution < 1.29 is 29.1 Å². The summed E-state index contributed by atoms with van der Waals surface area (Å²) in [5.41, 5.74) is 1.29. The minimum atomic E-state index is -2.02. The second-order valence-electron chi connectivity index (χ2n) is 17.3. The van der Waals surface area contributed by atoms with Gasteiger partial charge in [0.25, 0.3) is 11.8 Å². The summed E-state index contributed by atoms with van der Waals surface area (Å²) in [6.45, 7) is 5.72. The van der Waals surface area contributed by atoms with E-state index in [9.17, 15) is 9.90 Å². The molecule has 4 aliphatic heterocycles. The zero-order valence-corrected chi connectivity index (χ0v) is 36.8. The van der Waals surface area contributed by atoms with Gasteiger partial charge in [0.2, 0.25) is 11.9 Å². The van der Waals surface area contributed by atoms with Gasteiger partial charge in [-0.15, -0.1) is 0 Å². The third-order valence-corrected chi connectivity index (χ3v) is 13.6. The number of piperidine rings is 2. The molecule has 4 aliphatic rings. The summed E-state index contributed by atoms with van der Waals surface area (Å²) in [4.78, 5) is 111. The first-order chi connectivity index (χ1) is 32.5. The molecule has 6 amide bonds. The largest absolute Gasteiger partial charge is 0.481 e. The summed E-state index contributed by atoms with van der Waals surface area (Å²) in [6, 6.07) is 23.2. The van der Waals surface area contributed by atoms with E-state index in [4.69, 9.17) is 0 Å². The number of imide groups is 2. The predicted molar refractivity (Wildman–Crippen MR) is 246 cm³/mol. The lowest BCUT2D eigenvalue weighted by atomic mass is 9.76. The molecular formula is C49H46N12O6. The van der Waals surface area contributed by atoms with E-state index in [2.05, 4.69) is 34.8 Å². The van der Waals surface area contributed by atoms with Crippen molar-refractivity contribution in [2.45, 2.75) is 57.3 Å². The minimum absolute atomic E-state index is 0.0245. The number of aryl methyl sites for hydroxylation is 2. The van der Waals surface area contributed by atoms with Gasteiger partial charge in [0.15, 0.2) is 0 Å². The average molecular weight is 899 g/mol. The van der Waals surface area contributed by atoms with Crippen molar-refractivity contribution in [2.75, 3.05) is 45.8 Å². The van der Waals surface area contributed by atoms with Crippen molar-refractivity contribution in [3.8, 4) is 11.1 Å². The average Bonchev–Trinajstić information content (AvgIpc) is 3.69. The predicted octanol–water partition coefficient (Wildman–Crippen LogP) is 5.67. The number of aliphatic carboxylic acids is 1. The Labute approximate surface area is 385 Å². The van der Waals surface area contributed by atoms with E-state index in [-0.39, 0.29) is 55.6 Å². The van der Waals surface area contributed by atoms with E-state index >= 15 is 19.2 Å². The van der Waals surface area contributed by atoms with Crippen molar-refractivity contribution >= 4 is 53.1 Å². The maximum Gasteiger partial charge on any atom is 0.339 e. The minimum Gasteiger partial charge on any atom is -0.481 e. The molecule has 18 heteroatoms. The second-order valence-corrected chi connectivity index (χ2v) is 17.3. The lowest BCUT2D eigenvalue weighted by Crippen LogP contribution is -2.65. The molecule has 67 heavy (non-hydrogen) atoms. The van der Waals surface area contributed by atoms with Gasteiger partial charge in [0.1, 0.15) is 17.0 Å². The van der Waals surface area contributed by atoms with Crippen LogP contribution in [0.3, 0.4) is 0 Å². The van der Waals surface area contributed by atoms with Crippen LogP contribution in [0, 0.1) is 19.8 Å². The topological polar surface area (TPSA) is 202 Å². The van der Waals surface area contributed by atoms with Gasteiger partial charge in [-0.2, -0.15) is 0 Å². The number of rotatable bonds is 10. The number of likely N-dealkylation sites (tertiary alicyclic amines) is 2. The van der Waals surface area contributed by atoms with Gasteiger partial charge in [0, 0.05) is 76.4 Å². The van der Waals surface area contributed by atoms with Gasteiger partial charge < -0.3 is 5.11 Å². The molecule has 4 saturated heterocycles. The number of carboxylic acids is 1. The van der Waals surface area contributed by atoms with Crippen LogP contribution in [0.5, 0.6) is 0 Å². The summed E-state index contributed by atoms with van der Waals surface area (Å²) < 4.78 is 0. The highest BCUT2D eigenvalue weighted by atomic mass is 16.4. The molecule has 10 rings (SSSR count). The molecule has 2 spiro atoms. The Morgan fingerprint density at radius 2 is 1.12 bits per heavy atom. The first-order valence-electron chi connectivity index (χ1n) is 22.1. The first-order valence-corrected chi connectivity index (χ1v) is 22.1. The Morgan fingerprint density at radius 3 is 1.72 bits per heavy atom. The number of carboxylic acid groups (broad SMARTS) is 1. The molecule has 2 atom stereocenters. The smallest absolute Gasteiger partial charge is 0.339 e. The summed E-state index contributed by atoms with van der Waals surface area (Å²) in [7, 11) is 0. The van der Waals surface area contributed by atoms with Gasteiger partial charge in [0.05, 0.1) is 22.8 Å². The third-order valence-electron chi connectivity index (χ3n) is 13.6. The molecule has 2 aromatic carbocycles. The number of amides is 6. The van der Waals surface area contributed by atoms with Crippen LogP contribution in [0.4, 0.5) is 32.9 Å². The fraction of sp³-hybridized carbons (Fsp3) is 0.286. The summed E-state index contributed by atoms with van der Waals surface area (Å²) in [6.07, 6.45) is 9.57. The number of benzene rings is 2. The van der Waals surface area contributed by atoms with Crippen LogP contribution >= 0.6 is 0 Å². The molecule has 0 aliphatic carbocycles. The Hall–Kier alpha value is -7.83. The molecule has 2 unspecified atom stereocenters. The van der Waals surface area contributed by atoms with E-state index in [1.165, 1.54) is 29.7 Å². The van der Waals surface area contributed by atoms with Crippen molar-refractivity contribution in [2.24, 2.45) is 5.92 Å². The number of anilines is 4. The van der Waals surface area contributed by atoms with Crippen molar-refractivity contribution in [3.63, 3.8) is 0 Å². The summed E-state index contributed by atoms with van der Waals surface area (Å²) in [5.74, 6) is -4.35. The molecule has 0 saturated carbocycles. The number of urea groups is 2. The zero-order valence-electron chi connectivity index (χ0n) is 36.8. The standard InChI is InChI=1S/C49H46N12O6/c1-32-10-6-19-50-37(32)30-56-25-16-48(17-26-56)42(64)58(46(66)60(48)44-52-21-8-22-53-44)39-15-14-35(34-12-4-3-5-13-34)28-40(39)59-43(65)49(61(47(59)67)45-54-23-9-24-55-45)18-27-57(29-36(49)41(62)63)31-38-33(2)11-7-20-51-38/h3-15,19-24,28,36H,16-18,25-27,29-31H2,1-2H3,(H,62,63). The molecule has 338 valence electrons. The fourth-order valence-electron chi connectivity index (χ4n) is 10.1. The number of nitrogens with zero attached hydrogens (tertiary/aromatic N) is 12. The van der Waals surface area contributed by atoms with Crippen molar-refractivity contribution in [1.29, 1.82) is 0 Å². The quantitative estimate of drug-likeness (QED) is 0.165. The van der Waals surface area contributed by atoms with Crippen molar-refractivity contribution in [1.82, 2.24) is 39.7 Å². The molecular weight excluding hydrogens is 853 g/mol. The van der Waals surface area contributed by atoms with Gasteiger partial charge in [-0.05, 0) is 91.8 Å². The van der Waals surface area contributed by atoms with E-state index in [1.807, 2.05) is 73.3 Å². The number of pyridine rings is 2. The number of aromatic nitrogens is 6. The van der Waals surface area contributed by atoms with Crippen LogP contribution in [0.1, 0.15) is 41.8 Å². The highest BCUT2D eigenvalue weighted by Crippen LogP contribution is 2.49. The van der Waals surface area contributed by atoms with Crippen LogP contribution in [0.25, 0.3) is 11.1 Å². The monoisotopic (exact) mass is 898 g/mol. The molecule has 0 bridgehead atoms. The molecule has 0 radical (unpaired) electrons. The van der Waals surface area contributed by atoms with E-state index in [0.29, 0.717) is 31.7 Å². The van der Waals surface area contributed by atoms with Crippen molar-refractivity contribution in [3.05, 3.63) is 145 Å². The van der Waals surface area contributed by atoms with Crippen LogP contribution in [0.15, 0.2) is 122 Å². The van der Waals surface area contributed by atoms with E-state index < -0.39 is 46.8 Å². The Kier molecular flexibility index (Phi) is 11.1. The lowest BCUT2D eigenvalue weighted by Gasteiger charge is -2.45. The number of hydrogen-bond acceptors (Lipinski definition) is 13. The third kappa shape index (κ3) is 7.24. The van der Waals surface area contributed by atoms with E-state index in [0.717, 1.165) is 42.8 Å². The Bertz CT molecular complexity index is 2900. The van der Waals surface area contributed by atoms with Gasteiger partial charge in [-0.1, -0.05) is 48.5 Å². The highest BCUT2D eigenvalue weighted by molar-refractivity contribution is 6.35. The zero-order chi connectivity index (χ0) is 46.5. The first kappa shape index (κ1) is 43.1. The number of carbonyl (C=O) groups excluding carboxylic acids is 4. The summed E-state index contributed by atoms with van der Waals surface area (Å²) >= 11 is 0. The number of carbonyl (C=O) groups is 5.